The van der Waals surface area contributed by atoms with Gasteiger partial charge in [-0.1, -0.05) is 34.1 Å². The Bertz CT molecular complexity index is 851. The molecule has 0 spiro atoms. The Kier molecular flexibility index (Phi) is 4.86. The smallest absolute Gasteiger partial charge is 0.276 e. The van der Waals surface area contributed by atoms with Crippen molar-refractivity contribution in [3.05, 3.63) is 76.4 Å². The lowest BCUT2D eigenvalue weighted by molar-refractivity contribution is 0.102. The molecule has 1 aromatic heterocycles. The summed E-state index contributed by atoms with van der Waals surface area (Å²) in [6.45, 7) is 1.96. The fraction of sp³-hybridized carbons (Fsp3) is 0.0556. The van der Waals surface area contributed by atoms with Crippen LogP contribution in [-0.4, -0.2) is 16.1 Å². The van der Waals surface area contributed by atoms with Gasteiger partial charge in [0.15, 0.2) is 11.5 Å². The van der Waals surface area contributed by atoms with E-state index in [2.05, 4.69) is 36.8 Å². The van der Waals surface area contributed by atoms with Gasteiger partial charge in [-0.25, -0.2) is 0 Å². The van der Waals surface area contributed by atoms with E-state index in [1.807, 2.05) is 55.5 Å². The molecule has 0 atom stereocenters. The van der Waals surface area contributed by atoms with Crippen LogP contribution in [0.2, 0.25) is 0 Å². The molecule has 5 nitrogen and oxygen atoms in total. The van der Waals surface area contributed by atoms with Gasteiger partial charge in [-0.2, -0.15) is 0 Å². The number of para-hydroxylation sites is 1. The number of anilines is 3. The molecular weight excluding hydrogens is 368 g/mol. The van der Waals surface area contributed by atoms with Gasteiger partial charge < -0.3 is 10.6 Å². The largest absolute Gasteiger partial charge is 0.339 e. The lowest BCUT2D eigenvalue weighted by Gasteiger charge is -2.07. The lowest BCUT2D eigenvalue weighted by atomic mass is 10.2. The van der Waals surface area contributed by atoms with E-state index in [4.69, 9.17) is 0 Å². The first-order valence-electron chi connectivity index (χ1n) is 7.35. The van der Waals surface area contributed by atoms with Crippen LogP contribution in [0.5, 0.6) is 0 Å². The maximum absolute atomic E-state index is 12.2. The zero-order valence-electron chi connectivity index (χ0n) is 13.0. The van der Waals surface area contributed by atoms with Crippen LogP contribution in [0.4, 0.5) is 17.2 Å². The molecule has 0 aliphatic heterocycles. The van der Waals surface area contributed by atoms with Gasteiger partial charge in [0.25, 0.3) is 5.91 Å². The second-order valence-corrected chi connectivity index (χ2v) is 6.07. The molecule has 24 heavy (non-hydrogen) atoms. The third-order valence-electron chi connectivity index (χ3n) is 3.36. The second kappa shape index (κ2) is 7.23. The highest BCUT2D eigenvalue weighted by atomic mass is 79.9. The maximum atomic E-state index is 12.2. The van der Waals surface area contributed by atoms with Crippen LogP contribution in [0.3, 0.4) is 0 Å². The Labute approximate surface area is 148 Å². The van der Waals surface area contributed by atoms with Gasteiger partial charge in [-0.15, -0.1) is 10.2 Å². The number of hydrogen-bond acceptors (Lipinski definition) is 4. The number of nitrogens with one attached hydrogen (secondary N) is 2. The Morgan fingerprint density at radius 1 is 0.958 bits per heavy atom. The highest BCUT2D eigenvalue weighted by Crippen LogP contribution is 2.20. The topological polar surface area (TPSA) is 66.9 Å². The summed E-state index contributed by atoms with van der Waals surface area (Å²) < 4.78 is 0.997. The summed E-state index contributed by atoms with van der Waals surface area (Å²) in [6.07, 6.45) is 0. The summed E-state index contributed by atoms with van der Waals surface area (Å²) in [5.41, 5.74) is 2.93. The number of aromatic nitrogens is 2. The summed E-state index contributed by atoms with van der Waals surface area (Å²) in [6, 6.07) is 18.6. The summed E-state index contributed by atoms with van der Waals surface area (Å²) in [5.74, 6) is 0.285. The van der Waals surface area contributed by atoms with Gasteiger partial charge in [0.05, 0.1) is 0 Å². The van der Waals surface area contributed by atoms with Gasteiger partial charge in [-0.3, -0.25) is 4.79 Å². The molecule has 0 saturated carbocycles. The summed E-state index contributed by atoms with van der Waals surface area (Å²) in [7, 11) is 0. The van der Waals surface area contributed by atoms with Crippen LogP contribution in [0.25, 0.3) is 0 Å². The molecule has 1 amide bonds. The molecule has 3 aromatic rings. The second-order valence-electron chi connectivity index (χ2n) is 5.21. The van der Waals surface area contributed by atoms with Crippen LogP contribution in [0, 0.1) is 6.92 Å². The van der Waals surface area contributed by atoms with Crippen LogP contribution >= 0.6 is 15.9 Å². The number of benzene rings is 2. The Hall–Kier alpha value is -2.73. The lowest BCUT2D eigenvalue weighted by Crippen LogP contribution is -2.14. The molecule has 0 saturated heterocycles. The number of amides is 1. The normalized spacial score (nSPS) is 10.2. The van der Waals surface area contributed by atoms with E-state index in [0.717, 1.165) is 15.7 Å². The van der Waals surface area contributed by atoms with Crippen molar-refractivity contribution >= 4 is 39.0 Å². The van der Waals surface area contributed by atoms with Crippen molar-refractivity contribution in [2.45, 2.75) is 6.92 Å². The van der Waals surface area contributed by atoms with Crippen molar-refractivity contribution in [1.82, 2.24) is 10.2 Å². The number of halogens is 1. The van der Waals surface area contributed by atoms with Crippen LogP contribution in [-0.2, 0) is 0 Å². The van der Waals surface area contributed by atoms with E-state index < -0.39 is 0 Å². The van der Waals surface area contributed by atoms with Crippen molar-refractivity contribution in [2.24, 2.45) is 0 Å². The van der Waals surface area contributed by atoms with Gasteiger partial charge in [0.2, 0.25) is 0 Å². The molecule has 6 heteroatoms. The van der Waals surface area contributed by atoms with E-state index in [0.29, 0.717) is 11.5 Å². The first-order valence-corrected chi connectivity index (χ1v) is 8.14. The molecule has 0 unspecified atom stereocenters. The van der Waals surface area contributed by atoms with Crippen molar-refractivity contribution in [2.75, 3.05) is 10.6 Å². The average Bonchev–Trinajstić information content (AvgIpc) is 2.60. The predicted octanol–water partition coefficient (Wildman–Crippen LogP) is 4.54. The van der Waals surface area contributed by atoms with E-state index in [1.54, 1.807) is 12.1 Å². The fourth-order valence-corrected chi connectivity index (χ4v) is 2.35. The Morgan fingerprint density at radius 3 is 2.42 bits per heavy atom. The first-order chi connectivity index (χ1) is 11.6. The maximum Gasteiger partial charge on any atom is 0.276 e. The number of carbonyl (C=O) groups excluding carboxylic acids is 1. The zero-order valence-corrected chi connectivity index (χ0v) is 14.5. The number of nitrogens with zero attached hydrogens (tertiary/aromatic N) is 2. The van der Waals surface area contributed by atoms with Crippen molar-refractivity contribution in [3.63, 3.8) is 0 Å². The molecule has 3 rings (SSSR count). The average molecular weight is 383 g/mol. The van der Waals surface area contributed by atoms with Crippen molar-refractivity contribution in [3.8, 4) is 0 Å². The molecule has 2 aromatic carbocycles. The molecule has 0 fully saturated rings. The molecule has 2 N–H and O–H groups in total. The minimum Gasteiger partial charge on any atom is -0.339 e. The Balaban J connectivity index is 1.68. The molecule has 120 valence electrons. The van der Waals surface area contributed by atoms with E-state index in [1.165, 1.54) is 0 Å². The summed E-state index contributed by atoms with van der Waals surface area (Å²) in [4.78, 5) is 12.2. The highest BCUT2D eigenvalue weighted by molar-refractivity contribution is 9.10. The number of hydrogen-bond donors (Lipinski definition) is 2. The minimum absolute atomic E-state index is 0.259. The monoisotopic (exact) mass is 382 g/mol. The standard InChI is InChI=1S/C18H15BrN4O/c1-12-11-14(7-8-15(12)19)21-18(24)16-9-10-17(23-22-16)20-13-5-3-2-4-6-13/h2-11H,1H3,(H,20,23)(H,21,24). The number of aryl methyl sites for hydroxylation is 1. The van der Waals surface area contributed by atoms with Crippen LogP contribution in [0.15, 0.2) is 65.1 Å². The van der Waals surface area contributed by atoms with Crippen molar-refractivity contribution < 1.29 is 4.79 Å². The van der Waals surface area contributed by atoms with E-state index in [9.17, 15) is 4.79 Å². The SMILES string of the molecule is Cc1cc(NC(=O)c2ccc(Nc3ccccc3)nn2)ccc1Br. The van der Waals surface area contributed by atoms with Gasteiger partial charge in [-0.05, 0) is 55.0 Å². The highest BCUT2D eigenvalue weighted by Gasteiger charge is 2.09. The number of carbonyl (C=O) groups is 1. The van der Waals surface area contributed by atoms with Crippen LogP contribution < -0.4 is 10.6 Å². The van der Waals surface area contributed by atoms with E-state index >= 15 is 0 Å². The Morgan fingerprint density at radius 2 is 1.75 bits per heavy atom. The van der Waals surface area contributed by atoms with Crippen molar-refractivity contribution in [1.29, 1.82) is 0 Å². The third-order valence-corrected chi connectivity index (χ3v) is 4.25. The molecular formula is C18H15BrN4O. The molecule has 0 aliphatic rings. The third kappa shape index (κ3) is 3.97. The van der Waals surface area contributed by atoms with E-state index in [-0.39, 0.29) is 11.6 Å². The minimum atomic E-state index is -0.296. The predicted molar refractivity (Wildman–Crippen MR) is 98.6 cm³/mol. The zero-order chi connectivity index (χ0) is 16.9. The summed E-state index contributed by atoms with van der Waals surface area (Å²) >= 11 is 3.43. The number of rotatable bonds is 4. The van der Waals surface area contributed by atoms with Gasteiger partial charge in [0, 0.05) is 15.8 Å². The molecule has 1 heterocycles. The van der Waals surface area contributed by atoms with Crippen LogP contribution in [0.1, 0.15) is 16.1 Å². The first kappa shape index (κ1) is 16.1. The molecule has 0 bridgehead atoms. The van der Waals surface area contributed by atoms with Gasteiger partial charge in [0.1, 0.15) is 0 Å². The fourth-order valence-electron chi connectivity index (χ4n) is 2.11. The van der Waals surface area contributed by atoms with Gasteiger partial charge >= 0.3 is 0 Å². The summed E-state index contributed by atoms with van der Waals surface area (Å²) in [5, 5.41) is 14.0. The molecule has 0 radical (unpaired) electrons. The quantitative estimate of drug-likeness (QED) is 0.694. The molecule has 0 aliphatic carbocycles.